The van der Waals surface area contributed by atoms with E-state index in [2.05, 4.69) is 6.92 Å². The van der Waals surface area contributed by atoms with Crippen LogP contribution in [0.1, 0.15) is 72.6 Å². The minimum atomic E-state index is -1.68. The minimum absolute atomic E-state index is 0.0941. The van der Waals surface area contributed by atoms with Crippen molar-refractivity contribution in [3.63, 3.8) is 0 Å². The van der Waals surface area contributed by atoms with Crippen LogP contribution in [0.3, 0.4) is 0 Å². The standard InChI is InChI=1S/C33H56O14/c1-13(35)17-8-10-33(43)18-6-5-15-11-16(7-9-31(15,3)20(18)22(37)28(42)32(17,33)4)45-29-26(41)24(39)27(14(2)44-29)47-30-25(40)23(38)21(36)19(12-34)46-30/h13-30,34-43H,5-12H2,1-4H3. The van der Waals surface area contributed by atoms with Crippen LogP contribution in [0.2, 0.25) is 0 Å². The van der Waals surface area contributed by atoms with Gasteiger partial charge in [0.1, 0.15) is 42.7 Å². The van der Waals surface area contributed by atoms with Crippen molar-refractivity contribution in [2.45, 2.75) is 164 Å². The van der Waals surface area contributed by atoms with Crippen molar-refractivity contribution < 1.29 is 70.0 Å². The summed E-state index contributed by atoms with van der Waals surface area (Å²) < 4.78 is 23.4. The summed E-state index contributed by atoms with van der Waals surface area (Å²) in [4.78, 5) is 0. The Morgan fingerprint density at radius 3 is 2.11 bits per heavy atom. The van der Waals surface area contributed by atoms with Gasteiger partial charge in [0.05, 0.1) is 42.7 Å². The van der Waals surface area contributed by atoms with E-state index in [0.717, 1.165) is 6.42 Å². The third-order valence-corrected chi connectivity index (χ3v) is 13.8. The summed E-state index contributed by atoms with van der Waals surface area (Å²) in [5.74, 6) is -0.804. The largest absolute Gasteiger partial charge is 0.394 e. The first-order valence-electron chi connectivity index (χ1n) is 17.4. The number of aliphatic hydroxyl groups is 10. The second-order valence-corrected chi connectivity index (χ2v) is 16.0. The molecule has 0 bridgehead atoms. The first-order chi connectivity index (χ1) is 22.0. The average Bonchev–Trinajstić information content (AvgIpc) is 3.32. The fourth-order valence-corrected chi connectivity index (χ4v) is 11.0. The topological polar surface area (TPSA) is 239 Å². The molecule has 6 fully saturated rings. The Balaban J connectivity index is 1.11. The lowest BCUT2D eigenvalue weighted by Crippen LogP contribution is -2.72. The molecule has 0 aromatic heterocycles. The lowest BCUT2D eigenvalue weighted by atomic mass is 9.41. The molecule has 4 saturated carbocycles. The Labute approximate surface area is 275 Å². The summed E-state index contributed by atoms with van der Waals surface area (Å²) in [5, 5.41) is 108. The van der Waals surface area contributed by atoms with Crippen LogP contribution >= 0.6 is 0 Å². The Bertz CT molecular complexity index is 1110. The SMILES string of the molecule is CC(O)C1CCC2(O)C3CCC4CC(OC5OC(C)C(OC6OC(CO)C(O)C(O)C6O)C(O)C5O)CCC4(C)C3C(O)C(O)C12C. The van der Waals surface area contributed by atoms with Gasteiger partial charge in [-0.15, -0.1) is 0 Å². The van der Waals surface area contributed by atoms with Gasteiger partial charge in [-0.2, -0.15) is 0 Å². The summed E-state index contributed by atoms with van der Waals surface area (Å²) in [6.07, 6.45) is -13.0. The number of aliphatic hydroxyl groups excluding tert-OH is 9. The average molecular weight is 677 g/mol. The summed E-state index contributed by atoms with van der Waals surface area (Å²) in [5.41, 5.74) is -2.63. The molecule has 2 saturated heterocycles. The molecule has 47 heavy (non-hydrogen) atoms. The van der Waals surface area contributed by atoms with Gasteiger partial charge in [-0.25, -0.2) is 0 Å². The van der Waals surface area contributed by atoms with E-state index in [1.54, 1.807) is 13.8 Å². The maximum absolute atomic E-state index is 12.3. The first kappa shape index (κ1) is 36.2. The number of hydrogen-bond acceptors (Lipinski definition) is 14. The Morgan fingerprint density at radius 2 is 1.45 bits per heavy atom. The van der Waals surface area contributed by atoms with Gasteiger partial charge in [-0.05, 0) is 87.9 Å². The molecule has 2 aliphatic heterocycles. The second-order valence-electron chi connectivity index (χ2n) is 16.0. The number of rotatable bonds is 6. The van der Waals surface area contributed by atoms with Gasteiger partial charge < -0.3 is 70.0 Å². The van der Waals surface area contributed by atoms with Crippen molar-refractivity contribution in [3.05, 3.63) is 0 Å². The first-order valence-corrected chi connectivity index (χ1v) is 17.4. The van der Waals surface area contributed by atoms with Crippen molar-refractivity contribution in [1.82, 2.24) is 0 Å². The van der Waals surface area contributed by atoms with Crippen molar-refractivity contribution in [3.8, 4) is 0 Å². The highest BCUT2D eigenvalue weighted by Crippen LogP contribution is 2.69. The van der Waals surface area contributed by atoms with E-state index in [4.69, 9.17) is 18.9 Å². The van der Waals surface area contributed by atoms with Crippen molar-refractivity contribution >= 4 is 0 Å². The van der Waals surface area contributed by atoms with E-state index in [-0.39, 0.29) is 29.8 Å². The Kier molecular flexibility index (Phi) is 9.94. The van der Waals surface area contributed by atoms with Gasteiger partial charge in [0.15, 0.2) is 12.6 Å². The van der Waals surface area contributed by atoms with Crippen LogP contribution in [-0.4, -0.2) is 149 Å². The summed E-state index contributed by atoms with van der Waals surface area (Å²) in [6, 6.07) is 0. The molecule has 21 atom stereocenters. The normalized spacial score (nSPS) is 58.7. The molecule has 0 aromatic carbocycles. The molecule has 0 spiro atoms. The molecule has 0 aromatic rings. The van der Waals surface area contributed by atoms with Crippen molar-refractivity contribution in [1.29, 1.82) is 0 Å². The van der Waals surface area contributed by atoms with Crippen molar-refractivity contribution in [2.75, 3.05) is 6.61 Å². The molecule has 6 rings (SSSR count). The molecule has 14 nitrogen and oxygen atoms in total. The monoisotopic (exact) mass is 676 g/mol. The van der Waals surface area contributed by atoms with E-state index in [9.17, 15) is 51.1 Å². The molecule has 6 aliphatic rings. The summed E-state index contributed by atoms with van der Waals surface area (Å²) in [6.45, 7) is 6.59. The molecular weight excluding hydrogens is 620 g/mol. The third-order valence-electron chi connectivity index (χ3n) is 13.8. The van der Waals surface area contributed by atoms with Crippen LogP contribution in [0.5, 0.6) is 0 Å². The minimum Gasteiger partial charge on any atom is -0.394 e. The number of ether oxygens (including phenoxy) is 4. The zero-order valence-electron chi connectivity index (χ0n) is 27.7. The third kappa shape index (κ3) is 5.45. The van der Waals surface area contributed by atoms with Crippen LogP contribution in [-0.2, 0) is 18.9 Å². The second kappa shape index (κ2) is 12.9. The Morgan fingerprint density at radius 1 is 0.787 bits per heavy atom. The molecule has 21 unspecified atom stereocenters. The maximum Gasteiger partial charge on any atom is 0.187 e. The predicted octanol–water partition coefficient (Wildman–Crippen LogP) is -1.88. The smallest absolute Gasteiger partial charge is 0.187 e. The lowest BCUT2D eigenvalue weighted by Gasteiger charge is -2.66. The molecule has 0 amide bonds. The molecular formula is C33H56O14. The van der Waals surface area contributed by atoms with Crippen LogP contribution in [0.15, 0.2) is 0 Å². The highest BCUT2D eigenvalue weighted by molar-refractivity contribution is 5.22. The zero-order chi connectivity index (χ0) is 34.4. The summed E-state index contributed by atoms with van der Waals surface area (Å²) in [7, 11) is 0. The van der Waals surface area contributed by atoms with Crippen LogP contribution in [0.4, 0.5) is 0 Å². The maximum atomic E-state index is 12.3. The van der Waals surface area contributed by atoms with Gasteiger partial charge in [-0.3, -0.25) is 0 Å². The fourth-order valence-electron chi connectivity index (χ4n) is 11.0. The highest BCUT2D eigenvalue weighted by Gasteiger charge is 2.73. The van der Waals surface area contributed by atoms with Crippen molar-refractivity contribution in [2.24, 2.45) is 34.5 Å². The van der Waals surface area contributed by atoms with Gasteiger partial charge in [0.2, 0.25) is 0 Å². The van der Waals surface area contributed by atoms with Crippen LogP contribution in [0, 0.1) is 34.5 Å². The van der Waals surface area contributed by atoms with Crippen LogP contribution < -0.4 is 0 Å². The lowest BCUT2D eigenvalue weighted by molar-refractivity contribution is -0.360. The fraction of sp³-hybridized carbons (Fsp3) is 1.00. The van der Waals surface area contributed by atoms with Crippen LogP contribution in [0.25, 0.3) is 0 Å². The number of hydrogen-bond donors (Lipinski definition) is 10. The van der Waals surface area contributed by atoms with Gasteiger partial charge in [0, 0.05) is 5.41 Å². The molecule has 0 radical (unpaired) electrons. The molecule has 272 valence electrons. The molecule has 14 heteroatoms. The number of fused-ring (bicyclic) bond motifs is 5. The van der Waals surface area contributed by atoms with E-state index in [1.165, 1.54) is 0 Å². The molecule has 10 N–H and O–H groups in total. The highest BCUT2D eigenvalue weighted by atomic mass is 16.7. The molecule has 2 heterocycles. The van der Waals surface area contributed by atoms with E-state index >= 15 is 0 Å². The van der Waals surface area contributed by atoms with E-state index < -0.39 is 103 Å². The van der Waals surface area contributed by atoms with Gasteiger partial charge in [0.25, 0.3) is 0 Å². The van der Waals surface area contributed by atoms with Gasteiger partial charge in [-0.1, -0.05) is 13.8 Å². The summed E-state index contributed by atoms with van der Waals surface area (Å²) >= 11 is 0. The van der Waals surface area contributed by atoms with Gasteiger partial charge >= 0.3 is 0 Å². The van der Waals surface area contributed by atoms with E-state index in [0.29, 0.717) is 38.5 Å². The zero-order valence-corrected chi connectivity index (χ0v) is 27.7. The molecule has 4 aliphatic carbocycles. The quantitative estimate of drug-likeness (QED) is 0.139. The van der Waals surface area contributed by atoms with E-state index in [1.807, 2.05) is 6.92 Å². The Hall–Kier alpha value is -0.560. The predicted molar refractivity (Wildman–Crippen MR) is 161 cm³/mol.